The molecule has 7 aromatic heterocycles. The third-order valence-corrected chi connectivity index (χ3v) is 15.3. The standard InChI is InChI=1S/C58H53Cl2N13O4/c1-34-9-20-47(35(2)65-34)57(74,51-32-62-68-71(51)5)40-16-21-48-43(29-40)53(59)45(55(66-48)76-7)27-38-12-10-37(11-13-38)23-26-77-56-46(28-39-14-18-42(19-15-39)73-25-8-24-64-73)54(60)44-30-41(17-22-49(44)67-56)58(75,52-33-63-69-72(52)6)50-31-61-36(3)70(50)4/h8-22,24-25,29-33,74-75H,23,26-28H2,1-7H3. The Hall–Kier alpha value is -8.35. The Balaban J connectivity index is 0.878. The quantitative estimate of drug-likeness (QED) is 0.0932. The second kappa shape index (κ2) is 20.3. The number of hydrogen-bond acceptors (Lipinski definition) is 13. The van der Waals surface area contributed by atoms with Gasteiger partial charge in [-0.1, -0.05) is 88.2 Å². The molecule has 77 heavy (non-hydrogen) atoms. The number of imidazole rings is 1. The minimum atomic E-state index is -1.69. The van der Waals surface area contributed by atoms with Gasteiger partial charge in [0.25, 0.3) is 0 Å². The first-order valence-corrected chi connectivity index (χ1v) is 25.6. The first-order valence-electron chi connectivity index (χ1n) is 24.8. The number of aryl methyl sites for hydroxylation is 5. The summed E-state index contributed by atoms with van der Waals surface area (Å²) >= 11 is 14.8. The van der Waals surface area contributed by atoms with E-state index in [4.69, 9.17) is 42.6 Å². The first-order chi connectivity index (χ1) is 37.1. The zero-order valence-corrected chi connectivity index (χ0v) is 44.8. The summed E-state index contributed by atoms with van der Waals surface area (Å²) in [7, 11) is 6.93. The molecule has 2 atom stereocenters. The zero-order chi connectivity index (χ0) is 53.8. The van der Waals surface area contributed by atoms with E-state index < -0.39 is 11.2 Å². The third kappa shape index (κ3) is 9.14. The number of rotatable bonds is 16. The Bertz CT molecular complexity index is 3990. The van der Waals surface area contributed by atoms with Crippen LogP contribution in [0.25, 0.3) is 27.5 Å². The van der Waals surface area contributed by atoms with Gasteiger partial charge in [0, 0.05) is 91.6 Å². The molecule has 2 N–H and O–H groups in total. The number of hydrogen-bond donors (Lipinski definition) is 2. The molecule has 2 unspecified atom stereocenters. The molecule has 0 aliphatic rings. The van der Waals surface area contributed by atoms with Crippen molar-refractivity contribution in [2.75, 3.05) is 13.7 Å². The molecule has 0 aliphatic carbocycles. The van der Waals surface area contributed by atoms with E-state index in [1.54, 1.807) is 60.0 Å². The molecule has 0 aliphatic heterocycles. The predicted octanol–water partition coefficient (Wildman–Crippen LogP) is 8.97. The molecule has 0 bridgehead atoms. The van der Waals surface area contributed by atoms with Crippen LogP contribution in [0.3, 0.4) is 0 Å². The molecule has 0 radical (unpaired) electrons. The lowest BCUT2D eigenvalue weighted by Gasteiger charge is -2.30. The highest BCUT2D eigenvalue weighted by Crippen LogP contribution is 2.43. The van der Waals surface area contributed by atoms with Gasteiger partial charge in [-0.3, -0.25) is 4.98 Å². The number of fused-ring (bicyclic) bond motifs is 2. The molecule has 0 saturated heterocycles. The lowest BCUT2D eigenvalue weighted by Crippen LogP contribution is -2.33. The largest absolute Gasteiger partial charge is 0.481 e. The van der Waals surface area contributed by atoms with Crippen molar-refractivity contribution in [3.05, 3.63) is 223 Å². The van der Waals surface area contributed by atoms with Crippen LogP contribution >= 0.6 is 23.2 Å². The summed E-state index contributed by atoms with van der Waals surface area (Å²) in [4.78, 5) is 19.1. The Kier molecular flexibility index (Phi) is 13.4. The van der Waals surface area contributed by atoms with Crippen LogP contribution in [0.2, 0.25) is 10.0 Å². The van der Waals surface area contributed by atoms with E-state index in [0.29, 0.717) is 120 Å². The first kappa shape index (κ1) is 50.8. The van der Waals surface area contributed by atoms with Gasteiger partial charge in [0.15, 0.2) is 11.2 Å². The van der Waals surface area contributed by atoms with Crippen molar-refractivity contribution in [3.63, 3.8) is 0 Å². The van der Waals surface area contributed by atoms with Crippen LogP contribution in [0.1, 0.15) is 78.8 Å². The maximum Gasteiger partial charge on any atom is 0.219 e. The summed E-state index contributed by atoms with van der Waals surface area (Å²) in [6.07, 6.45) is 9.82. The Morgan fingerprint density at radius 2 is 1.19 bits per heavy atom. The molecule has 4 aromatic carbocycles. The smallest absolute Gasteiger partial charge is 0.219 e. The second-order valence-electron chi connectivity index (χ2n) is 19.2. The highest BCUT2D eigenvalue weighted by atomic mass is 35.5. The summed E-state index contributed by atoms with van der Waals surface area (Å²) in [6.45, 7) is 5.97. The van der Waals surface area contributed by atoms with E-state index in [1.165, 1.54) is 0 Å². The van der Waals surface area contributed by atoms with Gasteiger partial charge >= 0.3 is 0 Å². The van der Waals surface area contributed by atoms with Gasteiger partial charge in [-0.05, 0) is 97.1 Å². The summed E-state index contributed by atoms with van der Waals surface area (Å²) in [6, 6.07) is 33.1. The Labute approximate surface area is 453 Å². The number of methoxy groups -OCH3 is 1. The van der Waals surface area contributed by atoms with Crippen LogP contribution in [-0.4, -0.2) is 88.2 Å². The Morgan fingerprint density at radius 1 is 0.623 bits per heavy atom. The fourth-order valence-electron chi connectivity index (χ4n) is 10.2. The minimum Gasteiger partial charge on any atom is -0.481 e. The number of benzene rings is 4. The Morgan fingerprint density at radius 3 is 1.74 bits per heavy atom. The fourth-order valence-corrected chi connectivity index (χ4v) is 10.8. The van der Waals surface area contributed by atoms with Gasteiger partial charge in [0.1, 0.15) is 11.5 Å². The molecular weight excluding hydrogens is 1010 g/mol. The molecule has 0 fully saturated rings. The maximum absolute atomic E-state index is 12.8. The minimum absolute atomic E-state index is 0.306. The van der Waals surface area contributed by atoms with Crippen LogP contribution in [0, 0.1) is 20.8 Å². The number of halogens is 2. The summed E-state index contributed by atoms with van der Waals surface area (Å²) in [5.41, 5.74) is 7.83. The predicted molar refractivity (Wildman–Crippen MR) is 293 cm³/mol. The lowest BCUT2D eigenvalue weighted by atomic mass is 9.82. The molecule has 0 spiro atoms. The van der Waals surface area contributed by atoms with Crippen LogP contribution < -0.4 is 9.47 Å². The third-order valence-electron chi connectivity index (χ3n) is 14.5. The van der Waals surface area contributed by atoms with Crippen molar-refractivity contribution in [3.8, 4) is 17.4 Å². The molecule has 7 heterocycles. The van der Waals surface area contributed by atoms with Crippen molar-refractivity contribution in [1.82, 2.24) is 64.3 Å². The fraction of sp³-hybridized carbons (Fsp3) is 0.224. The highest BCUT2D eigenvalue weighted by molar-refractivity contribution is 6.37. The number of nitrogens with zero attached hydrogens (tertiary/aromatic N) is 13. The van der Waals surface area contributed by atoms with Gasteiger partial charge in [-0.25, -0.2) is 29.0 Å². The zero-order valence-electron chi connectivity index (χ0n) is 43.3. The number of pyridine rings is 3. The van der Waals surface area contributed by atoms with E-state index in [2.05, 4.69) is 60.0 Å². The van der Waals surface area contributed by atoms with Crippen LogP contribution in [0.15, 0.2) is 134 Å². The second-order valence-corrected chi connectivity index (χ2v) is 20.0. The lowest BCUT2D eigenvalue weighted by molar-refractivity contribution is 0.108. The normalized spacial score (nSPS) is 13.3. The van der Waals surface area contributed by atoms with Crippen molar-refractivity contribution in [1.29, 1.82) is 0 Å². The van der Waals surface area contributed by atoms with E-state index >= 15 is 0 Å². The van der Waals surface area contributed by atoms with Crippen molar-refractivity contribution < 1.29 is 19.7 Å². The topological polar surface area (TPSA) is 195 Å². The average molecular weight is 1070 g/mol. The maximum atomic E-state index is 12.8. The highest BCUT2D eigenvalue weighted by Gasteiger charge is 2.41. The molecule has 388 valence electrons. The molecule has 0 amide bonds. The van der Waals surface area contributed by atoms with Crippen LogP contribution in [-0.2, 0) is 51.6 Å². The van der Waals surface area contributed by atoms with E-state index in [0.717, 1.165) is 33.9 Å². The molecule has 0 saturated carbocycles. The molecule has 11 rings (SSSR count). The van der Waals surface area contributed by atoms with Crippen molar-refractivity contribution in [2.24, 2.45) is 21.1 Å². The number of aromatic nitrogens is 13. The van der Waals surface area contributed by atoms with Gasteiger partial charge < -0.3 is 24.3 Å². The number of ether oxygens (including phenoxy) is 2. The van der Waals surface area contributed by atoms with Crippen molar-refractivity contribution >= 4 is 45.0 Å². The average Bonchev–Trinajstić information content (AvgIpc) is 4.48. The van der Waals surface area contributed by atoms with E-state index in [1.807, 2.05) is 117 Å². The van der Waals surface area contributed by atoms with Gasteiger partial charge in [0.2, 0.25) is 11.8 Å². The van der Waals surface area contributed by atoms with Gasteiger partial charge in [-0.15, -0.1) is 10.2 Å². The summed E-state index contributed by atoms with van der Waals surface area (Å²) in [5.74, 6) is 1.54. The van der Waals surface area contributed by atoms with Crippen LogP contribution in [0.5, 0.6) is 11.8 Å². The van der Waals surface area contributed by atoms with Gasteiger partial charge in [0.05, 0.1) is 70.5 Å². The summed E-state index contributed by atoms with van der Waals surface area (Å²) < 4.78 is 19.2. The monoisotopic (exact) mass is 1070 g/mol. The molecule has 11 aromatic rings. The summed E-state index contributed by atoms with van der Waals surface area (Å²) in [5, 5.41) is 48.7. The molecule has 17 nitrogen and oxygen atoms in total. The number of aliphatic hydroxyl groups is 2. The van der Waals surface area contributed by atoms with E-state index in [-0.39, 0.29) is 0 Å². The van der Waals surface area contributed by atoms with Crippen LogP contribution in [0.4, 0.5) is 0 Å². The van der Waals surface area contributed by atoms with E-state index in [9.17, 15) is 10.2 Å². The van der Waals surface area contributed by atoms with Gasteiger partial charge in [-0.2, -0.15) is 5.10 Å². The molecule has 19 heteroatoms. The van der Waals surface area contributed by atoms with Crippen molar-refractivity contribution in [2.45, 2.75) is 51.2 Å². The molecular formula is C58H53Cl2N13O4. The SMILES string of the molecule is COc1nc2ccc(C(O)(c3ccc(C)nc3C)c3cnnn3C)cc2c(Cl)c1Cc1ccc(CCOc2nc3ccc(C(O)(c4cnnn4C)c4cnc(C)n4C)cc3c(Cl)c2Cc2ccc(-n3cccn3)cc2)cc1.